The van der Waals surface area contributed by atoms with Gasteiger partial charge in [0.05, 0.1) is 11.0 Å². The topological polar surface area (TPSA) is 96.1 Å². The Kier molecular flexibility index (Phi) is 6.89. The van der Waals surface area contributed by atoms with Gasteiger partial charge < -0.3 is 9.72 Å². The lowest BCUT2D eigenvalue weighted by Crippen LogP contribution is -2.47. The standard InChI is InChI=1S/C24H21FN4O3S/c1-15(32-21-13-7-4-10-18(21)25)22(30)28-29-23(31)17-9-3-2-8-16(17)14-33-24-26-19-11-5-6-12-20(19)27-24/h2-13,15H,14H2,1H3,(H,26,27)(H,28,30)(H,29,31). The molecular formula is C24H21FN4O3S. The quantitative estimate of drug-likeness (QED) is 0.281. The number of rotatable bonds is 7. The number of halogens is 1. The molecule has 0 fully saturated rings. The van der Waals surface area contributed by atoms with Gasteiger partial charge in [0, 0.05) is 11.3 Å². The molecule has 3 N–H and O–H groups in total. The second kappa shape index (κ2) is 10.2. The Morgan fingerprint density at radius 3 is 2.58 bits per heavy atom. The fourth-order valence-corrected chi connectivity index (χ4v) is 3.97. The second-order valence-corrected chi connectivity index (χ2v) is 8.10. The van der Waals surface area contributed by atoms with Crippen LogP contribution in [-0.4, -0.2) is 27.9 Å². The highest BCUT2D eigenvalue weighted by Gasteiger charge is 2.18. The number of nitrogens with zero attached hydrogens (tertiary/aromatic N) is 1. The molecule has 0 saturated carbocycles. The number of hydrogen-bond acceptors (Lipinski definition) is 5. The smallest absolute Gasteiger partial charge is 0.279 e. The first-order valence-corrected chi connectivity index (χ1v) is 11.2. The summed E-state index contributed by atoms with van der Waals surface area (Å²) in [7, 11) is 0. The van der Waals surface area contributed by atoms with Crippen molar-refractivity contribution in [2.24, 2.45) is 0 Å². The third-order valence-electron chi connectivity index (χ3n) is 4.80. The summed E-state index contributed by atoms with van der Waals surface area (Å²) in [5.74, 6) is -1.19. The number of thioether (sulfide) groups is 1. The van der Waals surface area contributed by atoms with Crippen molar-refractivity contribution in [3.8, 4) is 5.75 Å². The van der Waals surface area contributed by atoms with Gasteiger partial charge in [0.1, 0.15) is 0 Å². The van der Waals surface area contributed by atoms with Gasteiger partial charge >= 0.3 is 0 Å². The molecule has 9 heteroatoms. The number of amides is 2. The average molecular weight is 465 g/mol. The van der Waals surface area contributed by atoms with E-state index in [0.29, 0.717) is 11.3 Å². The van der Waals surface area contributed by atoms with Crippen LogP contribution in [0.25, 0.3) is 11.0 Å². The summed E-state index contributed by atoms with van der Waals surface area (Å²) in [6.45, 7) is 1.46. The maximum atomic E-state index is 13.7. The zero-order valence-corrected chi connectivity index (χ0v) is 18.5. The SMILES string of the molecule is CC(Oc1ccccc1F)C(=O)NNC(=O)c1ccccc1CSc1nc2ccccc2[nH]1. The van der Waals surface area contributed by atoms with Crippen molar-refractivity contribution in [1.29, 1.82) is 0 Å². The van der Waals surface area contributed by atoms with E-state index in [2.05, 4.69) is 20.8 Å². The van der Waals surface area contributed by atoms with E-state index < -0.39 is 23.7 Å². The molecule has 0 saturated heterocycles. The molecular weight excluding hydrogens is 443 g/mol. The number of nitrogens with one attached hydrogen (secondary N) is 3. The molecule has 1 heterocycles. The van der Waals surface area contributed by atoms with Crippen molar-refractivity contribution in [3.05, 3.63) is 89.7 Å². The molecule has 3 aromatic carbocycles. The lowest BCUT2D eigenvalue weighted by atomic mass is 10.1. The molecule has 7 nitrogen and oxygen atoms in total. The molecule has 4 rings (SSSR count). The number of fused-ring (bicyclic) bond motifs is 1. The van der Waals surface area contributed by atoms with E-state index in [1.54, 1.807) is 18.2 Å². The Hall–Kier alpha value is -3.85. The fourth-order valence-electron chi connectivity index (χ4n) is 3.08. The van der Waals surface area contributed by atoms with Gasteiger partial charge in [0.2, 0.25) is 0 Å². The summed E-state index contributed by atoms with van der Waals surface area (Å²) in [5, 5.41) is 0.749. The Morgan fingerprint density at radius 2 is 1.76 bits per heavy atom. The average Bonchev–Trinajstić information content (AvgIpc) is 3.25. The summed E-state index contributed by atoms with van der Waals surface area (Å²) < 4.78 is 19.0. The minimum absolute atomic E-state index is 0.0422. The van der Waals surface area contributed by atoms with Crippen LogP contribution in [0.4, 0.5) is 4.39 Å². The number of aromatic amines is 1. The summed E-state index contributed by atoms with van der Waals surface area (Å²) in [6.07, 6.45) is -1.01. The molecule has 33 heavy (non-hydrogen) atoms. The van der Waals surface area contributed by atoms with Crippen LogP contribution < -0.4 is 15.6 Å². The number of hydrogen-bond donors (Lipinski definition) is 3. The first-order chi connectivity index (χ1) is 16.0. The Labute approximate surface area is 193 Å². The number of ether oxygens (including phenoxy) is 1. The molecule has 0 radical (unpaired) electrons. The van der Waals surface area contributed by atoms with Gasteiger partial charge in [0.15, 0.2) is 22.8 Å². The fraction of sp³-hybridized carbons (Fsp3) is 0.125. The molecule has 0 spiro atoms. The summed E-state index contributed by atoms with van der Waals surface area (Å²) in [5.41, 5.74) is 7.75. The molecule has 168 valence electrons. The zero-order chi connectivity index (χ0) is 23.2. The van der Waals surface area contributed by atoms with Gasteiger partial charge in [-0.2, -0.15) is 0 Å². The zero-order valence-electron chi connectivity index (χ0n) is 17.7. The summed E-state index contributed by atoms with van der Waals surface area (Å²) in [4.78, 5) is 32.8. The van der Waals surface area contributed by atoms with Gasteiger partial charge in [0.25, 0.3) is 11.8 Å². The van der Waals surface area contributed by atoms with Crippen molar-refractivity contribution in [2.45, 2.75) is 23.9 Å². The first-order valence-electron chi connectivity index (χ1n) is 10.2. The number of imidazole rings is 1. The molecule has 0 bridgehead atoms. The largest absolute Gasteiger partial charge is 0.478 e. The van der Waals surface area contributed by atoms with E-state index in [0.717, 1.165) is 21.8 Å². The van der Waals surface area contributed by atoms with Crippen molar-refractivity contribution >= 4 is 34.6 Å². The monoisotopic (exact) mass is 464 g/mol. The van der Waals surface area contributed by atoms with Crippen molar-refractivity contribution in [3.63, 3.8) is 0 Å². The number of H-pyrrole nitrogens is 1. The highest BCUT2D eigenvalue weighted by Crippen LogP contribution is 2.24. The van der Waals surface area contributed by atoms with Gasteiger partial charge in [-0.15, -0.1) is 0 Å². The summed E-state index contributed by atoms with van der Waals surface area (Å²) >= 11 is 1.47. The molecule has 0 aliphatic heterocycles. The van der Waals surface area contributed by atoms with Gasteiger partial charge in [-0.25, -0.2) is 9.37 Å². The number of carbonyl (C=O) groups is 2. The van der Waals surface area contributed by atoms with E-state index in [1.807, 2.05) is 36.4 Å². The molecule has 0 aliphatic rings. The van der Waals surface area contributed by atoms with Gasteiger partial charge in [-0.05, 0) is 42.8 Å². The number of aromatic nitrogens is 2. The first kappa shape index (κ1) is 22.3. The van der Waals surface area contributed by atoms with Crippen LogP contribution >= 0.6 is 11.8 Å². The van der Waals surface area contributed by atoms with E-state index in [-0.39, 0.29) is 5.75 Å². The Balaban J connectivity index is 1.35. The van der Waals surface area contributed by atoms with Crippen LogP contribution in [0.15, 0.2) is 78.0 Å². The molecule has 1 atom stereocenters. The lowest BCUT2D eigenvalue weighted by Gasteiger charge is -2.16. The highest BCUT2D eigenvalue weighted by molar-refractivity contribution is 7.98. The maximum absolute atomic E-state index is 13.7. The van der Waals surface area contributed by atoms with Crippen LogP contribution in [0, 0.1) is 5.82 Å². The number of carbonyl (C=O) groups excluding carboxylic acids is 2. The van der Waals surface area contributed by atoms with Crippen LogP contribution in [-0.2, 0) is 10.5 Å². The van der Waals surface area contributed by atoms with E-state index in [9.17, 15) is 14.0 Å². The molecule has 1 aromatic heterocycles. The number of benzene rings is 3. The minimum atomic E-state index is -1.01. The number of para-hydroxylation sites is 3. The van der Waals surface area contributed by atoms with E-state index in [4.69, 9.17) is 4.74 Å². The third kappa shape index (κ3) is 5.50. The molecule has 4 aromatic rings. The molecule has 1 unspecified atom stereocenters. The summed E-state index contributed by atoms with van der Waals surface area (Å²) in [6, 6.07) is 20.6. The van der Waals surface area contributed by atoms with Crippen molar-refractivity contribution in [1.82, 2.24) is 20.8 Å². The Morgan fingerprint density at radius 1 is 1.03 bits per heavy atom. The normalized spacial score (nSPS) is 11.7. The van der Waals surface area contributed by atoms with E-state index >= 15 is 0 Å². The lowest BCUT2D eigenvalue weighted by molar-refractivity contribution is -0.128. The third-order valence-corrected chi connectivity index (χ3v) is 5.73. The van der Waals surface area contributed by atoms with Crippen LogP contribution in [0.1, 0.15) is 22.8 Å². The molecule has 0 aliphatic carbocycles. The van der Waals surface area contributed by atoms with Crippen molar-refractivity contribution in [2.75, 3.05) is 0 Å². The van der Waals surface area contributed by atoms with Crippen LogP contribution in [0.3, 0.4) is 0 Å². The van der Waals surface area contributed by atoms with Crippen LogP contribution in [0.5, 0.6) is 5.75 Å². The Bertz CT molecular complexity index is 1260. The maximum Gasteiger partial charge on any atom is 0.279 e. The van der Waals surface area contributed by atoms with Gasteiger partial charge in [-0.1, -0.05) is 54.2 Å². The highest BCUT2D eigenvalue weighted by atomic mass is 32.2. The van der Waals surface area contributed by atoms with Gasteiger partial charge in [-0.3, -0.25) is 20.4 Å². The van der Waals surface area contributed by atoms with Crippen LogP contribution in [0.2, 0.25) is 0 Å². The molecule has 2 amide bonds. The minimum Gasteiger partial charge on any atom is -0.478 e. The van der Waals surface area contributed by atoms with Crippen molar-refractivity contribution < 1.29 is 18.7 Å². The second-order valence-electron chi connectivity index (χ2n) is 7.14. The number of hydrazine groups is 1. The predicted octanol–water partition coefficient (Wildman–Crippen LogP) is 4.22. The van der Waals surface area contributed by atoms with E-state index in [1.165, 1.54) is 36.9 Å². The predicted molar refractivity (Wildman–Crippen MR) is 124 cm³/mol.